The van der Waals surface area contributed by atoms with Gasteiger partial charge in [0.2, 0.25) is 0 Å². The fraction of sp³-hybridized carbons (Fsp3) is 0.176. The molecular weight excluding hydrogens is 356 g/mol. The summed E-state index contributed by atoms with van der Waals surface area (Å²) in [5.74, 6) is -1.53. The van der Waals surface area contributed by atoms with Crippen molar-refractivity contribution in [1.29, 1.82) is 0 Å². The Labute approximate surface area is 148 Å². The second-order valence-corrected chi connectivity index (χ2v) is 5.78. The van der Waals surface area contributed by atoms with Crippen molar-refractivity contribution in [3.8, 4) is 0 Å². The summed E-state index contributed by atoms with van der Waals surface area (Å²) in [4.78, 5) is 23.4. The quantitative estimate of drug-likeness (QED) is 0.792. The summed E-state index contributed by atoms with van der Waals surface area (Å²) in [5, 5.41) is 3.29. The number of rotatable bonds is 6. The number of ether oxygens (including phenoxy) is 1. The van der Waals surface area contributed by atoms with E-state index in [2.05, 4.69) is 5.32 Å². The fourth-order valence-corrected chi connectivity index (χ4v) is 2.38. The second kappa shape index (κ2) is 8.66. The molecule has 4 nitrogen and oxygen atoms in total. The van der Waals surface area contributed by atoms with Gasteiger partial charge in [-0.2, -0.15) is 0 Å². The molecule has 2 aromatic carbocycles. The monoisotopic (exact) mass is 369 g/mol. The zero-order chi connectivity index (χ0) is 17.5. The number of esters is 1. The first-order chi connectivity index (χ1) is 11.5. The number of carbonyl (C=O) groups excluding carboxylic acids is 2. The van der Waals surface area contributed by atoms with Gasteiger partial charge in [-0.3, -0.25) is 9.59 Å². The van der Waals surface area contributed by atoms with Gasteiger partial charge in [-0.05, 0) is 23.8 Å². The van der Waals surface area contributed by atoms with Gasteiger partial charge in [0.25, 0.3) is 5.91 Å². The Hall–Kier alpha value is -2.11. The number of benzene rings is 2. The first-order valence-corrected chi connectivity index (χ1v) is 7.81. The van der Waals surface area contributed by atoms with Crippen molar-refractivity contribution in [1.82, 2.24) is 5.32 Å². The Morgan fingerprint density at radius 3 is 2.54 bits per heavy atom. The molecule has 0 unspecified atom stereocenters. The van der Waals surface area contributed by atoms with Crippen molar-refractivity contribution < 1.29 is 18.7 Å². The molecule has 1 amide bonds. The molecule has 24 heavy (non-hydrogen) atoms. The van der Waals surface area contributed by atoms with E-state index in [1.54, 1.807) is 30.3 Å². The molecule has 0 spiro atoms. The highest BCUT2D eigenvalue weighted by Crippen LogP contribution is 2.21. The number of nitrogens with one attached hydrogen (secondary N) is 1. The average Bonchev–Trinajstić information content (AvgIpc) is 2.55. The summed E-state index contributed by atoms with van der Waals surface area (Å²) >= 11 is 11.7. The van der Waals surface area contributed by atoms with Crippen LogP contribution < -0.4 is 5.32 Å². The van der Waals surface area contributed by atoms with E-state index in [1.807, 2.05) is 0 Å². The van der Waals surface area contributed by atoms with E-state index in [1.165, 1.54) is 12.1 Å². The number of hydrogen-bond donors (Lipinski definition) is 1. The molecule has 7 heteroatoms. The van der Waals surface area contributed by atoms with Crippen LogP contribution in [0, 0.1) is 5.82 Å². The minimum absolute atomic E-state index is 0.0199. The van der Waals surface area contributed by atoms with E-state index >= 15 is 0 Å². The van der Waals surface area contributed by atoms with Gasteiger partial charge < -0.3 is 10.1 Å². The van der Waals surface area contributed by atoms with Crippen LogP contribution in [0.25, 0.3) is 0 Å². The smallest absolute Gasteiger partial charge is 0.310 e. The third kappa shape index (κ3) is 5.51. The van der Waals surface area contributed by atoms with Crippen LogP contribution in [0.5, 0.6) is 0 Å². The predicted molar refractivity (Wildman–Crippen MR) is 89.4 cm³/mol. The van der Waals surface area contributed by atoms with Crippen LogP contribution in [-0.4, -0.2) is 18.5 Å². The normalized spacial score (nSPS) is 10.3. The summed E-state index contributed by atoms with van der Waals surface area (Å²) in [5.41, 5.74) is 0.906. The molecule has 0 bridgehead atoms. The van der Waals surface area contributed by atoms with Crippen LogP contribution in [0.2, 0.25) is 10.0 Å². The second-order valence-electron chi connectivity index (χ2n) is 4.94. The van der Waals surface area contributed by atoms with Crippen LogP contribution in [0.15, 0.2) is 42.5 Å². The highest BCUT2D eigenvalue weighted by Gasteiger charge is 2.11. The van der Waals surface area contributed by atoms with Gasteiger partial charge in [0, 0.05) is 22.2 Å². The molecule has 1 N–H and O–H groups in total. The van der Waals surface area contributed by atoms with Crippen LogP contribution in [-0.2, 0) is 27.3 Å². The van der Waals surface area contributed by atoms with Crippen LogP contribution in [0.4, 0.5) is 4.39 Å². The molecule has 0 saturated heterocycles. The third-order valence-electron chi connectivity index (χ3n) is 3.15. The minimum atomic E-state index is -0.597. The van der Waals surface area contributed by atoms with E-state index in [4.69, 9.17) is 27.9 Å². The molecule has 0 heterocycles. The maximum atomic E-state index is 13.4. The molecule has 2 aromatic rings. The van der Waals surface area contributed by atoms with E-state index < -0.39 is 24.3 Å². The van der Waals surface area contributed by atoms with Gasteiger partial charge in [0.15, 0.2) is 6.61 Å². The summed E-state index contributed by atoms with van der Waals surface area (Å²) in [7, 11) is 0. The molecule has 0 aliphatic heterocycles. The Balaban J connectivity index is 1.77. The molecule has 0 aliphatic rings. The zero-order valence-electron chi connectivity index (χ0n) is 12.5. The number of amides is 1. The molecule has 0 saturated carbocycles. The van der Waals surface area contributed by atoms with Crippen molar-refractivity contribution in [3.63, 3.8) is 0 Å². The lowest BCUT2D eigenvalue weighted by Crippen LogP contribution is -2.29. The van der Waals surface area contributed by atoms with E-state index in [-0.39, 0.29) is 13.0 Å². The highest BCUT2D eigenvalue weighted by atomic mass is 35.5. The molecule has 0 fully saturated rings. The SMILES string of the molecule is O=C(COC(=O)Cc1ccc(Cl)cc1Cl)NCc1ccccc1F. The van der Waals surface area contributed by atoms with Crippen LogP contribution in [0.1, 0.15) is 11.1 Å². The highest BCUT2D eigenvalue weighted by molar-refractivity contribution is 6.35. The minimum Gasteiger partial charge on any atom is -0.455 e. The lowest BCUT2D eigenvalue weighted by Gasteiger charge is -2.08. The zero-order valence-corrected chi connectivity index (χ0v) is 14.0. The van der Waals surface area contributed by atoms with E-state index in [0.717, 1.165) is 0 Å². The van der Waals surface area contributed by atoms with Gasteiger partial charge in [0.1, 0.15) is 5.82 Å². The summed E-state index contributed by atoms with van der Waals surface area (Å²) < 4.78 is 18.3. The molecule has 0 aromatic heterocycles. The lowest BCUT2D eigenvalue weighted by molar-refractivity contribution is -0.147. The third-order valence-corrected chi connectivity index (χ3v) is 3.73. The maximum Gasteiger partial charge on any atom is 0.310 e. The number of carbonyl (C=O) groups is 2. The van der Waals surface area contributed by atoms with Crippen molar-refractivity contribution in [2.75, 3.05) is 6.61 Å². The van der Waals surface area contributed by atoms with Gasteiger partial charge in [-0.1, -0.05) is 47.5 Å². The van der Waals surface area contributed by atoms with Crippen LogP contribution in [0.3, 0.4) is 0 Å². The molecule has 2 rings (SSSR count). The molecular formula is C17H14Cl2FNO3. The first kappa shape index (κ1) is 18.2. The molecule has 0 atom stereocenters. The summed E-state index contributed by atoms with van der Waals surface area (Å²) in [6.07, 6.45) is -0.0728. The maximum absolute atomic E-state index is 13.4. The van der Waals surface area contributed by atoms with E-state index in [9.17, 15) is 14.0 Å². The Morgan fingerprint density at radius 2 is 1.83 bits per heavy atom. The van der Waals surface area contributed by atoms with Gasteiger partial charge in [-0.15, -0.1) is 0 Å². The molecule has 0 radical (unpaired) electrons. The first-order valence-electron chi connectivity index (χ1n) is 7.05. The topological polar surface area (TPSA) is 55.4 Å². The van der Waals surface area contributed by atoms with Crippen molar-refractivity contribution >= 4 is 35.1 Å². The van der Waals surface area contributed by atoms with Crippen molar-refractivity contribution in [2.24, 2.45) is 0 Å². The standard InChI is InChI=1S/C17H14Cl2FNO3/c18-13-6-5-11(14(19)8-13)7-17(23)24-10-16(22)21-9-12-3-1-2-4-15(12)20/h1-6,8H,7,9-10H2,(H,21,22). The van der Waals surface area contributed by atoms with Crippen LogP contribution >= 0.6 is 23.2 Å². The fourth-order valence-electron chi connectivity index (χ4n) is 1.90. The van der Waals surface area contributed by atoms with E-state index in [0.29, 0.717) is 21.2 Å². The largest absolute Gasteiger partial charge is 0.455 e. The summed E-state index contributed by atoms with van der Waals surface area (Å²) in [6.45, 7) is -0.426. The van der Waals surface area contributed by atoms with Gasteiger partial charge >= 0.3 is 5.97 Å². The Bertz CT molecular complexity index is 752. The Morgan fingerprint density at radius 1 is 1.08 bits per heavy atom. The number of halogens is 3. The molecule has 0 aliphatic carbocycles. The Kier molecular flexibility index (Phi) is 6.58. The number of hydrogen-bond acceptors (Lipinski definition) is 3. The predicted octanol–water partition coefficient (Wildman–Crippen LogP) is 3.53. The van der Waals surface area contributed by atoms with Gasteiger partial charge in [0.05, 0.1) is 6.42 Å². The average molecular weight is 370 g/mol. The van der Waals surface area contributed by atoms with Gasteiger partial charge in [-0.25, -0.2) is 4.39 Å². The van der Waals surface area contributed by atoms with Crippen molar-refractivity contribution in [2.45, 2.75) is 13.0 Å². The van der Waals surface area contributed by atoms with Crippen molar-refractivity contribution in [3.05, 3.63) is 69.5 Å². The lowest BCUT2D eigenvalue weighted by atomic mass is 10.1. The summed E-state index contributed by atoms with van der Waals surface area (Å²) in [6, 6.07) is 10.8. The molecule has 126 valence electrons.